The highest BCUT2D eigenvalue weighted by Crippen LogP contribution is 2.36. The average molecular weight is 317 g/mol. The van der Waals surface area contributed by atoms with Gasteiger partial charge in [0.05, 0.1) is 6.61 Å². The fourth-order valence-corrected chi connectivity index (χ4v) is 2.69. The van der Waals surface area contributed by atoms with Crippen LogP contribution < -0.4 is 0 Å². The molecule has 124 valence electrons. The van der Waals surface area contributed by atoms with Crippen LogP contribution >= 0.6 is 0 Å². The molecule has 0 saturated carbocycles. The molecular weight excluding hydrogens is 284 g/mol. The first-order valence-electron chi connectivity index (χ1n) is 7.91. The summed E-state index contributed by atoms with van der Waals surface area (Å²) in [6.45, 7) is 14.0. The number of hydrogen-bond donors (Lipinski definition) is 0. The molecule has 0 unspecified atom stereocenters. The number of Topliss-reactive ketones (excluding diaryl/α,β-unsaturated/α-hetero) is 1. The van der Waals surface area contributed by atoms with Crippen molar-refractivity contribution in [3.05, 3.63) is 0 Å². The maximum absolute atomic E-state index is 11.5. The molecule has 0 radical (unpaired) electrons. The van der Waals surface area contributed by atoms with Crippen LogP contribution in [0.25, 0.3) is 0 Å². The minimum Gasteiger partial charge on any atom is -0.466 e. The van der Waals surface area contributed by atoms with Crippen LogP contribution in [0, 0.1) is 0 Å². The molecule has 0 aliphatic carbocycles. The van der Waals surface area contributed by atoms with Crippen molar-refractivity contribution in [3.8, 4) is 0 Å². The van der Waals surface area contributed by atoms with Crippen LogP contribution in [-0.2, 0) is 18.8 Å². The topological polar surface area (TPSA) is 52.6 Å². The molecule has 0 aliphatic heterocycles. The molecule has 0 rings (SSSR count). The Bertz CT molecular complexity index is 332. The van der Waals surface area contributed by atoms with E-state index in [4.69, 9.17) is 9.16 Å². The normalized spacial score (nSPS) is 12.3. The minimum atomic E-state index is -1.65. The van der Waals surface area contributed by atoms with Gasteiger partial charge in [0.2, 0.25) is 0 Å². The highest BCUT2D eigenvalue weighted by molar-refractivity contribution is 6.74. The quantitative estimate of drug-likeness (QED) is 0.264. The Balaban J connectivity index is 3.70. The van der Waals surface area contributed by atoms with Gasteiger partial charge in [-0.2, -0.15) is 0 Å². The van der Waals surface area contributed by atoms with E-state index >= 15 is 0 Å². The number of esters is 1. The first-order chi connectivity index (χ1) is 9.60. The van der Waals surface area contributed by atoms with E-state index in [0.717, 1.165) is 25.9 Å². The summed E-state index contributed by atoms with van der Waals surface area (Å²) in [5, 5.41) is 0.239. The molecule has 0 N–H and O–H groups in total. The lowest BCUT2D eigenvalue weighted by Crippen LogP contribution is -2.40. The number of rotatable bonds is 10. The highest BCUT2D eigenvalue weighted by Gasteiger charge is 2.36. The molecule has 4 nitrogen and oxygen atoms in total. The molecule has 0 atom stereocenters. The van der Waals surface area contributed by atoms with Gasteiger partial charge >= 0.3 is 5.97 Å². The van der Waals surface area contributed by atoms with Gasteiger partial charge in [0.25, 0.3) is 0 Å². The Labute approximate surface area is 130 Å². The number of carbonyl (C=O) groups excluding carboxylic acids is 2. The summed E-state index contributed by atoms with van der Waals surface area (Å²) in [5.74, 6) is -0.442. The molecule has 0 aromatic rings. The summed E-state index contributed by atoms with van der Waals surface area (Å²) in [6, 6.07) is 0. The number of carbonyl (C=O) groups is 2. The fraction of sp³-hybridized carbons (Fsp3) is 0.875. The van der Waals surface area contributed by atoms with Crippen LogP contribution in [0.1, 0.15) is 59.8 Å². The van der Waals surface area contributed by atoms with Gasteiger partial charge in [-0.05, 0) is 37.9 Å². The highest BCUT2D eigenvalue weighted by atomic mass is 28.4. The van der Waals surface area contributed by atoms with Gasteiger partial charge in [-0.15, -0.1) is 0 Å². The number of hydrogen-bond acceptors (Lipinski definition) is 4. The molecule has 0 aromatic heterocycles. The van der Waals surface area contributed by atoms with Crippen molar-refractivity contribution in [2.45, 2.75) is 77.9 Å². The fourth-order valence-electron chi connectivity index (χ4n) is 1.61. The van der Waals surface area contributed by atoms with Crippen molar-refractivity contribution >= 4 is 20.1 Å². The number of ketones is 1. The van der Waals surface area contributed by atoms with E-state index < -0.39 is 14.3 Å². The number of unbranched alkanes of at least 4 members (excludes halogenated alkanes) is 2. The third kappa shape index (κ3) is 9.04. The van der Waals surface area contributed by atoms with Crippen LogP contribution in [0.5, 0.6) is 0 Å². The van der Waals surface area contributed by atoms with Crippen molar-refractivity contribution in [3.63, 3.8) is 0 Å². The molecule has 21 heavy (non-hydrogen) atoms. The summed E-state index contributed by atoms with van der Waals surface area (Å²) in [5.41, 5.74) is 0. The Morgan fingerprint density at radius 3 is 2.19 bits per heavy atom. The monoisotopic (exact) mass is 316 g/mol. The third-order valence-electron chi connectivity index (χ3n) is 4.02. The van der Waals surface area contributed by atoms with Gasteiger partial charge < -0.3 is 9.16 Å². The van der Waals surface area contributed by atoms with Crippen LogP contribution in [0.3, 0.4) is 0 Å². The van der Waals surface area contributed by atoms with Crippen LogP contribution in [0.15, 0.2) is 0 Å². The molecular formula is C16H32O4Si. The summed E-state index contributed by atoms with van der Waals surface area (Å²) in [6.07, 6.45) is 3.12. The first kappa shape index (κ1) is 20.3. The standard InChI is InChI=1S/C16H32O4Si/c1-7-19-15(18)13-14(17)11-9-8-10-12-20-21(5,6)16(2,3)4/h7-13H2,1-6H3. The summed E-state index contributed by atoms with van der Waals surface area (Å²) in [4.78, 5) is 22.7. The molecule has 0 amide bonds. The summed E-state index contributed by atoms with van der Waals surface area (Å²) >= 11 is 0. The minimum absolute atomic E-state index is 0.0289. The van der Waals surface area contributed by atoms with Crippen molar-refractivity contribution < 1.29 is 18.8 Å². The van der Waals surface area contributed by atoms with Crippen molar-refractivity contribution in [2.75, 3.05) is 13.2 Å². The first-order valence-corrected chi connectivity index (χ1v) is 10.8. The second kappa shape index (κ2) is 9.36. The van der Waals surface area contributed by atoms with E-state index in [0.29, 0.717) is 13.0 Å². The molecule has 0 aliphatic rings. The van der Waals surface area contributed by atoms with E-state index in [1.165, 1.54) is 0 Å². The zero-order valence-electron chi connectivity index (χ0n) is 14.6. The average Bonchev–Trinajstić information content (AvgIpc) is 2.32. The second-order valence-corrected chi connectivity index (χ2v) is 11.7. The molecule has 0 aromatic carbocycles. The van der Waals surface area contributed by atoms with E-state index in [1.807, 2.05) is 0 Å². The van der Waals surface area contributed by atoms with E-state index in [-0.39, 0.29) is 17.2 Å². The number of ether oxygens (including phenoxy) is 1. The van der Waals surface area contributed by atoms with Crippen molar-refractivity contribution in [1.82, 2.24) is 0 Å². The van der Waals surface area contributed by atoms with Gasteiger partial charge in [0.15, 0.2) is 8.32 Å². The Hall–Kier alpha value is -0.683. The lowest BCUT2D eigenvalue weighted by Gasteiger charge is -2.36. The van der Waals surface area contributed by atoms with Gasteiger partial charge in [0, 0.05) is 13.0 Å². The van der Waals surface area contributed by atoms with Gasteiger partial charge in [-0.1, -0.05) is 27.2 Å². The maximum atomic E-state index is 11.5. The zero-order chi connectivity index (χ0) is 16.5. The van der Waals surface area contributed by atoms with E-state index in [9.17, 15) is 9.59 Å². The van der Waals surface area contributed by atoms with Gasteiger partial charge in [-0.3, -0.25) is 9.59 Å². The largest absolute Gasteiger partial charge is 0.466 e. The summed E-state index contributed by atoms with van der Waals surface area (Å²) < 4.78 is 10.8. The SMILES string of the molecule is CCOC(=O)CC(=O)CCCCCO[Si](C)(C)C(C)(C)C. The smallest absolute Gasteiger partial charge is 0.313 e. The predicted octanol–water partition coefficient (Wildman–Crippen LogP) is 4.09. The predicted molar refractivity (Wildman–Crippen MR) is 87.9 cm³/mol. The van der Waals surface area contributed by atoms with E-state index in [2.05, 4.69) is 33.9 Å². The molecule has 0 saturated heterocycles. The lowest BCUT2D eigenvalue weighted by molar-refractivity contribution is -0.145. The maximum Gasteiger partial charge on any atom is 0.313 e. The summed E-state index contributed by atoms with van der Waals surface area (Å²) in [7, 11) is -1.65. The molecule has 0 bridgehead atoms. The lowest BCUT2D eigenvalue weighted by atomic mass is 10.1. The van der Waals surface area contributed by atoms with E-state index in [1.54, 1.807) is 6.92 Å². The molecule has 0 fully saturated rings. The third-order valence-corrected chi connectivity index (χ3v) is 8.55. The molecule has 0 spiro atoms. The Morgan fingerprint density at radius 1 is 1.05 bits per heavy atom. The molecule has 5 heteroatoms. The second-order valence-electron chi connectivity index (χ2n) is 6.94. The van der Waals surface area contributed by atoms with Crippen LogP contribution in [0.2, 0.25) is 18.1 Å². The van der Waals surface area contributed by atoms with Crippen molar-refractivity contribution in [1.29, 1.82) is 0 Å². The molecule has 0 heterocycles. The zero-order valence-corrected chi connectivity index (χ0v) is 15.6. The van der Waals surface area contributed by atoms with Crippen LogP contribution in [-0.4, -0.2) is 33.3 Å². The van der Waals surface area contributed by atoms with Gasteiger partial charge in [-0.25, -0.2) is 0 Å². The Morgan fingerprint density at radius 2 is 1.67 bits per heavy atom. The Kier molecular flexibility index (Phi) is 9.05. The van der Waals surface area contributed by atoms with Gasteiger partial charge in [0.1, 0.15) is 12.2 Å². The van der Waals surface area contributed by atoms with Crippen LogP contribution in [0.4, 0.5) is 0 Å². The van der Waals surface area contributed by atoms with Crippen molar-refractivity contribution in [2.24, 2.45) is 0 Å².